The topological polar surface area (TPSA) is 49.4 Å². The zero-order valence-corrected chi connectivity index (χ0v) is 12.2. The van der Waals surface area contributed by atoms with Gasteiger partial charge in [-0.25, -0.2) is 0 Å². The molecule has 108 valence electrons. The number of unbranched alkanes of at least 4 members (excludes halogenated alkanes) is 3. The van der Waals surface area contributed by atoms with Gasteiger partial charge in [0.1, 0.15) is 6.04 Å². The Morgan fingerprint density at radius 3 is 2.58 bits per heavy atom. The van der Waals surface area contributed by atoms with Crippen LogP contribution in [0.5, 0.6) is 0 Å². The van der Waals surface area contributed by atoms with Crippen molar-refractivity contribution in [3.8, 4) is 0 Å². The first-order valence-electron chi connectivity index (χ1n) is 7.73. The van der Waals surface area contributed by atoms with Gasteiger partial charge in [0.15, 0.2) is 0 Å². The first-order chi connectivity index (χ1) is 9.13. The van der Waals surface area contributed by atoms with Crippen molar-refractivity contribution in [3.63, 3.8) is 0 Å². The lowest BCUT2D eigenvalue weighted by Gasteiger charge is -2.28. The smallest absolute Gasteiger partial charge is 0.245 e. The zero-order valence-electron chi connectivity index (χ0n) is 12.2. The van der Waals surface area contributed by atoms with E-state index in [0.29, 0.717) is 12.3 Å². The van der Waals surface area contributed by atoms with Crippen molar-refractivity contribution in [2.75, 3.05) is 6.54 Å². The molecule has 0 aromatic heterocycles. The lowest BCUT2D eigenvalue weighted by Crippen LogP contribution is -2.47. The molecule has 2 atom stereocenters. The van der Waals surface area contributed by atoms with Gasteiger partial charge in [0, 0.05) is 19.0 Å². The summed E-state index contributed by atoms with van der Waals surface area (Å²) in [5.74, 6) is 0.575. The van der Waals surface area contributed by atoms with Crippen LogP contribution >= 0.6 is 0 Å². The maximum Gasteiger partial charge on any atom is 0.245 e. The molecule has 1 saturated heterocycles. The Morgan fingerprint density at radius 2 is 1.95 bits per heavy atom. The van der Waals surface area contributed by atoms with Crippen molar-refractivity contribution >= 4 is 11.8 Å². The second-order valence-electron chi connectivity index (χ2n) is 6.03. The third-order valence-electron chi connectivity index (χ3n) is 4.22. The molecule has 19 heavy (non-hydrogen) atoms. The maximum absolute atomic E-state index is 12.6. The standard InChI is InChI=1S/C15H26N2O2/c1-3-4-5-6-9-17-11(2)10-13(18)16-14(15(17)19)12-7-8-12/h11-12,14H,3-10H2,1-2H3,(H,16,18). The molecule has 0 aromatic carbocycles. The van der Waals surface area contributed by atoms with Crippen LogP contribution in [0.4, 0.5) is 0 Å². The normalized spacial score (nSPS) is 28.2. The number of hydrogen-bond acceptors (Lipinski definition) is 2. The number of nitrogens with one attached hydrogen (secondary N) is 1. The monoisotopic (exact) mass is 266 g/mol. The average Bonchev–Trinajstić information content (AvgIpc) is 3.18. The number of nitrogens with zero attached hydrogens (tertiary/aromatic N) is 1. The number of carbonyl (C=O) groups excluding carboxylic acids is 2. The molecule has 2 aliphatic rings. The van der Waals surface area contributed by atoms with E-state index in [4.69, 9.17) is 0 Å². The van der Waals surface area contributed by atoms with Crippen molar-refractivity contribution in [2.24, 2.45) is 5.92 Å². The number of amides is 2. The fourth-order valence-electron chi connectivity index (χ4n) is 2.86. The van der Waals surface area contributed by atoms with Crippen LogP contribution < -0.4 is 5.32 Å². The molecule has 2 fully saturated rings. The van der Waals surface area contributed by atoms with Crippen LogP contribution in [-0.2, 0) is 9.59 Å². The van der Waals surface area contributed by atoms with Gasteiger partial charge in [-0.1, -0.05) is 26.2 Å². The Kier molecular flexibility index (Phi) is 4.83. The van der Waals surface area contributed by atoms with Crippen molar-refractivity contribution in [1.29, 1.82) is 0 Å². The highest BCUT2D eigenvalue weighted by molar-refractivity contribution is 5.91. The predicted molar refractivity (Wildman–Crippen MR) is 74.6 cm³/mol. The third-order valence-corrected chi connectivity index (χ3v) is 4.22. The number of rotatable bonds is 6. The van der Waals surface area contributed by atoms with Crippen LogP contribution in [0.15, 0.2) is 0 Å². The summed E-state index contributed by atoms with van der Waals surface area (Å²) in [4.78, 5) is 26.3. The fraction of sp³-hybridized carbons (Fsp3) is 0.867. The van der Waals surface area contributed by atoms with E-state index in [9.17, 15) is 9.59 Å². The molecular weight excluding hydrogens is 240 g/mol. The van der Waals surface area contributed by atoms with Crippen LogP contribution in [0.2, 0.25) is 0 Å². The molecule has 1 heterocycles. The molecular formula is C15H26N2O2. The van der Waals surface area contributed by atoms with E-state index in [-0.39, 0.29) is 23.9 Å². The van der Waals surface area contributed by atoms with Crippen molar-refractivity contribution in [2.45, 2.75) is 70.9 Å². The highest BCUT2D eigenvalue weighted by Gasteiger charge is 2.42. The van der Waals surface area contributed by atoms with Crippen LogP contribution in [-0.4, -0.2) is 35.3 Å². The Labute approximate surface area is 115 Å². The minimum absolute atomic E-state index is 0.0359. The largest absolute Gasteiger partial charge is 0.344 e. The van der Waals surface area contributed by atoms with Gasteiger partial charge in [0.25, 0.3) is 0 Å². The van der Waals surface area contributed by atoms with Crippen LogP contribution in [0.1, 0.15) is 58.8 Å². The van der Waals surface area contributed by atoms with E-state index in [1.54, 1.807) is 0 Å². The van der Waals surface area contributed by atoms with E-state index in [0.717, 1.165) is 25.8 Å². The molecule has 0 aromatic rings. The summed E-state index contributed by atoms with van der Waals surface area (Å²) in [6.07, 6.45) is 7.25. The van der Waals surface area contributed by atoms with Crippen molar-refractivity contribution in [1.82, 2.24) is 10.2 Å². The molecule has 0 bridgehead atoms. The molecule has 0 spiro atoms. The van der Waals surface area contributed by atoms with Gasteiger partial charge >= 0.3 is 0 Å². The molecule has 2 rings (SSSR count). The molecule has 1 saturated carbocycles. The molecule has 4 heteroatoms. The highest BCUT2D eigenvalue weighted by Crippen LogP contribution is 2.34. The van der Waals surface area contributed by atoms with E-state index >= 15 is 0 Å². The molecule has 4 nitrogen and oxygen atoms in total. The van der Waals surface area contributed by atoms with Crippen molar-refractivity contribution < 1.29 is 9.59 Å². The summed E-state index contributed by atoms with van der Waals surface area (Å²) in [6.45, 7) is 4.98. The fourth-order valence-corrected chi connectivity index (χ4v) is 2.86. The first-order valence-corrected chi connectivity index (χ1v) is 7.73. The summed E-state index contributed by atoms with van der Waals surface area (Å²) in [6, 6.07) is -0.207. The summed E-state index contributed by atoms with van der Waals surface area (Å²) >= 11 is 0. The van der Waals surface area contributed by atoms with Gasteiger partial charge in [-0.15, -0.1) is 0 Å². The molecule has 1 aliphatic carbocycles. The Hall–Kier alpha value is -1.06. The van der Waals surface area contributed by atoms with E-state index < -0.39 is 0 Å². The maximum atomic E-state index is 12.6. The molecule has 2 amide bonds. The lowest BCUT2D eigenvalue weighted by atomic mass is 10.1. The van der Waals surface area contributed by atoms with Crippen LogP contribution in [0, 0.1) is 5.92 Å². The third kappa shape index (κ3) is 3.71. The number of hydrogen-bond donors (Lipinski definition) is 1. The van der Waals surface area contributed by atoms with Gasteiger partial charge < -0.3 is 10.2 Å². The van der Waals surface area contributed by atoms with E-state index in [2.05, 4.69) is 12.2 Å². The Bertz CT molecular complexity index is 339. The Morgan fingerprint density at radius 1 is 1.21 bits per heavy atom. The van der Waals surface area contributed by atoms with Crippen LogP contribution in [0.3, 0.4) is 0 Å². The van der Waals surface area contributed by atoms with E-state index in [1.807, 2.05) is 11.8 Å². The minimum Gasteiger partial charge on any atom is -0.344 e. The van der Waals surface area contributed by atoms with Gasteiger partial charge in [0.2, 0.25) is 11.8 Å². The van der Waals surface area contributed by atoms with Gasteiger partial charge in [-0.2, -0.15) is 0 Å². The van der Waals surface area contributed by atoms with Crippen LogP contribution in [0.25, 0.3) is 0 Å². The first kappa shape index (κ1) is 14.4. The van der Waals surface area contributed by atoms with Gasteiger partial charge in [0.05, 0.1) is 0 Å². The highest BCUT2D eigenvalue weighted by atomic mass is 16.2. The predicted octanol–water partition coefficient (Wildman–Crippen LogP) is 2.08. The summed E-state index contributed by atoms with van der Waals surface area (Å²) in [5, 5.41) is 2.92. The van der Waals surface area contributed by atoms with Crippen molar-refractivity contribution in [3.05, 3.63) is 0 Å². The minimum atomic E-state index is -0.247. The lowest BCUT2D eigenvalue weighted by molar-refractivity contribution is -0.135. The average molecular weight is 266 g/mol. The molecule has 0 radical (unpaired) electrons. The second kappa shape index (κ2) is 6.40. The summed E-state index contributed by atoms with van der Waals surface area (Å²) in [7, 11) is 0. The van der Waals surface area contributed by atoms with E-state index in [1.165, 1.54) is 19.3 Å². The quantitative estimate of drug-likeness (QED) is 0.748. The van der Waals surface area contributed by atoms with Gasteiger partial charge in [-0.05, 0) is 32.1 Å². The molecule has 1 aliphatic heterocycles. The van der Waals surface area contributed by atoms with Gasteiger partial charge in [-0.3, -0.25) is 9.59 Å². The SMILES string of the molecule is CCCCCCN1C(=O)C(C2CC2)NC(=O)CC1C. The molecule has 1 N–H and O–H groups in total. The molecule has 2 unspecified atom stereocenters. The summed E-state index contributed by atoms with van der Waals surface area (Å²) in [5.41, 5.74) is 0. The Balaban J connectivity index is 1.96. The second-order valence-corrected chi connectivity index (χ2v) is 6.03. The zero-order chi connectivity index (χ0) is 13.8. The summed E-state index contributed by atoms with van der Waals surface area (Å²) < 4.78 is 0. The number of carbonyl (C=O) groups is 2.